The van der Waals surface area contributed by atoms with Gasteiger partial charge in [-0.15, -0.1) is 5.10 Å². The van der Waals surface area contributed by atoms with Gasteiger partial charge in [0.25, 0.3) is 0 Å². The van der Waals surface area contributed by atoms with Crippen LogP contribution in [-0.4, -0.2) is 44.4 Å². The molecule has 0 saturated heterocycles. The van der Waals surface area contributed by atoms with Crippen LogP contribution in [0.1, 0.15) is 24.9 Å². The number of hydrogen-bond donors (Lipinski definition) is 1. The number of tetrazole rings is 1. The Labute approximate surface area is 193 Å². The fraction of sp³-hybridized carbons (Fsp3) is 0.250. The molecule has 1 unspecified atom stereocenters. The zero-order valence-corrected chi connectivity index (χ0v) is 18.8. The number of esters is 1. The maximum absolute atomic E-state index is 12.6. The predicted octanol–water partition coefficient (Wildman–Crippen LogP) is 3.87. The summed E-state index contributed by atoms with van der Waals surface area (Å²) in [5.74, 6) is -0.686. The number of rotatable bonds is 9. The van der Waals surface area contributed by atoms with Gasteiger partial charge in [-0.2, -0.15) is 4.68 Å². The Bertz CT molecular complexity index is 1050. The van der Waals surface area contributed by atoms with Crippen LogP contribution in [0.15, 0.2) is 53.7 Å². The average Bonchev–Trinajstić information content (AvgIpc) is 3.21. The van der Waals surface area contributed by atoms with Gasteiger partial charge < -0.3 is 10.1 Å². The van der Waals surface area contributed by atoms with E-state index in [0.717, 1.165) is 11.8 Å². The summed E-state index contributed by atoms with van der Waals surface area (Å²) in [5, 5.41) is 15.9. The maximum atomic E-state index is 12.6. The van der Waals surface area contributed by atoms with Gasteiger partial charge in [0.15, 0.2) is 0 Å². The molecule has 0 radical (unpaired) electrons. The lowest BCUT2D eigenvalue weighted by Gasteiger charge is -2.19. The van der Waals surface area contributed by atoms with Gasteiger partial charge in [-0.1, -0.05) is 53.2 Å². The lowest BCUT2D eigenvalue weighted by Crippen LogP contribution is -2.32. The molecule has 0 fully saturated rings. The van der Waals surface area contributed by atoms with Crippen molar-refractivity contribution in [3.8, 4) is 5.69 Å². The van der Waals surface area contributed by atoms with Gasteiger partial charge in [0.05, 0.1) is 30.5 Å². The molecule has 0 aliphatic carbocycles. The molecule has 31 heavy (non-hydrogen) atoms. The molecule has 0 saturated carbocycles. The lowest BCUT2D eigenvalue weighted by atomic mass is 10.0. The smallest absolute Gasteiger partial charge is 0.308 e. The zero-order chi connectivity index (χ0) is 22.2. The van der Waals surface area contributed by atoms with Gasteiger partial charge in [0.1, 0.15) is 0 Å². The van der Waals surface area contributed by atoms with E-state index >= 15 is 0 Å². The lowest BCUT2D eigenvalue weighted by molar-refractivity contribution is -0.143. The number of ether oxygens (including phenoxy) is 1. The average molecular weight is 480 g/mol. The topological polar surface area (TPSA) is 99.0 Å². The van der Waals surface area contributed by atoms with Gasteiger partial charge in [0.2, 0.25) is 11.1 Å². The largest absolute Gasteiger partial charge is 0.466 e. The molecular weight excluding hydrogens is 461 g/mol. The van der Waals surface area contributed by atoms with Crippen molar-refractivity contribution in [2.45, 2.75) is 24.5 Å². The van der Waals surface area contributed by atoms with E-state index in [0.29, 0.717) is 26.5 Å². The summed E-state index contributed by atoms with van der Waals surface area (Å²) in [4.78, 5) is 24.7. The Morgan fingerprint density at radius 1 is 1.16 bits per heavy atom. The van der Waals surface area contributed by atoms with Gasteiger partial charge in [-0.05, 0) is 53.2 Å². The van der Waals surface area contributed by atoms with Crippen molar-refractivity contribution in [3.05, 3.63) is 64.1 Å². The molecule has 11 heteroatoms. The Morgan fingerprint density at radius 3 is 2.61 bits per heavy atom. The molecule has 1 heterocycles. The third kappa shape index (κ3) is 6.43. The van der Waals surface area contributed by atoms with Crippen LogP contribution in [0.25, 0.3) is 5.69 Å². The summed E-state index contributed by atoms with van der Waals surface area (Å²) < 4.78 is 6.54. The standard InChI is InChI=1S/C20H19Cl2N5O3S/c1-2-30-19(29)11-17(15-5-3-4-6-16(15)22)23-18(28)12-31-20-24-25-26-27(20)14-9-7-13(21)8-10-14/h3-10,17H,2,11-12H2,1H3,(H,23,28). The number of carbonyl (C=O) groups is 2. The van der Waals surface area contributed by atoms with Crippen LogP contribution in [0.3, 0.4) is 0 Å². The normalized spacial score (nSPS) is 11.7. The van der Waals surface area contributed by atoms with Crippen LogP contribution in [0.2, 0.25) is 10.0 Å². The first-order chi connectivity index (χ1) is 15.0. The molecule has 3 rings (SSSR count). The Balaban J connectivity index is 1.68. The molecule has 0 aliphatic heterocycles. The summed E-state index contributed by atoms with van der Waals surface area (Å²) >= 11 is 13.4. The second kappa shape index (κ2) is 11.1. The van der Waals surface area contributed by atoms with Crippen LogP contribution in [-0.2, 0) is 14.3 Å². The first-order valence-electron chi connectivity index (χ1n) is 9.34. The van der Waals surface area contributed by atoms with Gasteiger partial charge >= 0.3 is 5.97 Å². The molecule has 0 spiro atoms. The summed E-state index contributed by atoms with van der Waals surface area (Å²) in [6, 6.07) is 13.4. The second-order valence-electron chi connectivity index (χ2n) is 6.29. The first kappa shape index (κ1) is 23.1. The molecule has 1 N–H and O–H groups in total. The maximum Gasteiger partial charge on any atom is 0.308 e. The minimum atomic E-state index is -0.617. The highest BCUT2D eigenvalue weighted by Gasteiger charge is 2.22. The number of nitrogens with zero attached hydrogens (tertiary/aromatic N) is 4. The minimum absolute atomic E-state index is 0.0313. The molecule has 1 aromatic heterocycles. The number of amides is 1. The summed E-state index contributed by atoms with van der Waals surface area (Å²) in [6.45, 7) is 1.98. The van der Waals surface area contributed by atoms with Crippen LogP contribution >= 0.6 is 35.0 Å². The fourth-order valence-electron chi connectivity index (χ4n) is 2.76. The molecule has 1 atom stereocenters. The molecule has 8 nitrogen and oxygen atoms in total. The van der Waals surface area contributed by atoms with Crippen LogP contribution in [0, 0.1) is 0 Å². The van der Waals surface area contributed by atoms with Gasteiger partial charge in [-0.3, -0.25) is 9.59 Å². The number of nitrogens with one attached hydrogen (secondary N) is 1. The van der Waals surface area contributed by atoms with E-state index in [1.165, 1.54) is 4.68 Å². The van der Waals surface area contributed by atoms with Crippen molar-refractivity contribution >= 4 is 46.8 Å². The first-order valence-corrected chi connectivity index (χ1v) is 11.1. The van der Waals surface area contributed by atoms with Crippen molar-refractivity contribution in [1.82, 2.24) is 25.5 Å². The predicted molar refractivity (Wildman–Crippen MR) is 118 cm³/mol. The van der Waals surface area contributed by atoms with Gasteiger partial charge in [0, 0.05) is 10.0 Å². The molecule has 2 aromatic carbocycles. The van der Waals surface area contributed by atoms with E-state index < -0.39 is 12.0 Å². The number of halogens is 2. The number of thioether (sulfide) groups is 1. The van der Waals surface area contributed by atoms with Crippen molar-refractivity contribution < 1.29 is 14.3 Å². The van der Waals surface area contributed by atoms with Crippen LogP contribution in [0.4, 0.5) is 0 Å². The molecular formula is C20H19Cl2N5O3S. The van der Waals surface area contributed by atoms with E-state index in [1.54, 1.807) is 55.5 Å². The quantitative estimate of drug-likeness (QED) is 0.367. The molecule has 0 bridgehead atoms. The molecule has 0 aliphatic rings. The molecule has 3 aromatic rings. The molecule has 162 valence electrons. The number of hydrogen-bond acceptors (Lipinski definition) is 7. The van der Waals surface area contributed by atoms with E-state index in [9.17, 15) is 9.59 Å². The monoisotopic (exact) mass is 479 g/mol. The third-order valence-corrected chi connectivity index (χ3v) is 5.65. The van der Waals surface area contributed by atoms with E-state index in [-0.39, 0.29) is 24.7 Å². The van der Waals surface area contributed by atoms with Crippen LogP contribution < -0.4 is 5.32 Å². The summed E-state index contributed by atoms with van der Waals surface area (Å²) in [6.07, 6.45) is -0.0313. The second-order valence-corrected chi connectivity index (χ2v) is 8.08. The molecule has 1 amide bonds. The third-order valence-electron chi connectivity index (χ3n) is 4.14. The van der Waals surface area contributed by atoms with E-state index in [4.69, 9.17) is 27.9 Å². The van der Waals surface area contributed by atoms with Crippen molar-refractivity contribution in [2.75, 3.05) is 12.4 Å². The van der Waals surface area contributed by atoms with E-state index in [1.807, 2.05) is 0 Å². The summed E-state index contributed by atoms with van der Waals surface area (Å²) in [5.41, 5.74) is 1.36. The number of carbonyl (C=O) groups excluding carboxylic acids is 2. The van der Waals surface area contributed by atoms with Gasteiger partial charge in [-0.25, -0.2) is 0 Å². The minimum Gasteiger partial charge on any atom is -0.466 e. The van der Waals surface area contributed by atoms with E-state index in [2.05, 4.69) is 20.8 Å². The number of aromatic nitrogens is 4. The Hall–Kier alpha value is -2.62. The Kier molecular flexibility index (Phi) is 8.27. The fourth-order valence-corrected chi connectivity index (χ4v) is 3.86. The zero-order valence-electron chi connectivity index (χ0n) is 16.5. The summed E-state index contributed by atoms with van der Waals surface area (Å²) in [7, 11) is 0. The number of benzene rings is 2. The van der Waals surface area contributed by atoms with Crippen molar-refractivity contribution in [2.24, 2.45) is 0 Å². The van der Waals surface area contributed by atoms with Crippen molar-refractivity contribution in [3.63, 3.8) is 0 Å². The highest BCUT2D eigenvalue weighted by atomic mass is 35.5. The highest BCUT2D eigenvalue weighted by Crippen LogP contribution is 2.26. The Morgan fingerprint density at radius 2 is 1.90 bits per heavy atom. The SMILES string of the molecule is CCOC(=O)CC(NC(=O)CSc1nnnn1-c1ccc(Cl)cc1)c1ccccc1Cl. The van der Waals surface area contributed by atoms with Crippen LogP contribution in [0.5, 0.6) is 0 Å². The highest BCUT2D eigenvalue weighted by molar-refractivity contribution is 7.99. The van der Waals surface area contributed by atoms with Crippen molar-refractivity contribution in [1.29, 1.82) is 0 Å².